The summed E-state index contributed by atoms with van der Waals surface area (Å²) in [6.07, 6.45) is 8.14. The van der Waals surface area contributed by atoms with Gasteiger partial charge >= 0.3 is 5.97 Å². The molecule has 55 heavy (non-hydrogen) atoms. The maximum absolute atomic E-state index is 14.8. The Hall–Kier alpha value is -4.20. The standard InChI is InChI=1S/C41H55N3O10S/c1-24-9-8-10-25(2)31(19-36(46)54-40(3,4)5)38(47)44-23-28(53-37-30-16-13-27(51-6)17-32(30)35(52-7)22-42-37)18-33(44)34(45)21-41(20-26(41)12-11-24)39(48)43-55(49,50)29-14-15-29/h11-13,16-17,22,24-26,28-29,31,33H,8-10,14-15,18-21,23H2,1-7H3,(H,43,48)/b12-11-/t24-,25-,26-,28-,31+,33+,41-/m1/s1. The number of methoxy groups -OCH3 is 2. The van der Waals surface area contributed by atoms with Crippen LogP contribution in [-0.2, 0) is 33.9 Å². The molecule has 2 aromatic rings. The van der Waals surface area contributed by atoms with Gasteiger partial charge in [-0.25, -0.2) is 13.4 Å². The zero-order valence-electron chi connectivity index (χ0n) is 33.0. The maximum atomic E-state index is 14.8. The van der Waals surface area contributed by atoms with E-state index in [0.717, 1.165) is 12.8 Å². The van der Waals surface area contributed by atoms with Crippen molar-refractivity contribution in [1.29, 1.82) is 0 Å². The third-order valence-electron chi connectivity index (χ3n) is 11.5. The number of hydrogen-bond donors (Lipinski definition) is 1. The fourth-order valence-corrected chi connectivity index (χ4v) is 9.47. The summed E-state index contributed by atoms with van der Waals surface area (Å²) >= 11 is 0. The second kappa shape index (κ2) is 15.7. The highest BCUT2D eigenvalue weighted by Gasteiger charge is 2.61. The number of fused-ring (bicyclic) bond motifs is 3. The van der Waals surface area contributed by atoms with E-state index in [1.165, 1.54) is 4.90 Å². The topological polar surface area (TPSA) is 167 Å². The number of sulfonamides is 1. The van der Waals surface area contributed by atoms with Crippen LogP contribution >= 0.6 is 0 Å². The van der Waals surface area contributed by atoms with Crippen LogP contribution in [0.3, 0.4) is 0 Å². The molecule has 1 saturated heterocycles. The molecule has 1 N–H and O–H groups in total. The number of carbonyl (C=O) groups is 4. The molecular formula is C41H55N3O10S. The fraction of sp³-hybridized carbons (Fsp3) is 0.634. The zero-order valence-corrected chi connectivity index (χ0v) is 33.8. The number of allylic oxidation sites excluding steroid dienone is 2. The Morgan fingerprint density at radius 1 is 1.02 bits per heavy atom. The number of hydrogen-bond acceptors (Lipinski definition) is 11. The van der Waals surface area contributed by atoms with E-state index in [1.807, 2.05) is 31.2 Å². The molecule has 2 amide bonds. The Balaban J connectivity index is 1.35. The summed E-state index contributed by atoms with van der Waals surface area (Å²) in [5, 5.41) is 0.745. The summed E-state index contributed by atoms with van der Waals surface area (Å²) < 4.78 is 51.3. The van der Waals surface area contributed by atoms with Crippen molar-refractivity contribution in [2.24, 2.45) is 29.1 Å². The van der Waals surface area contributed by atoms with Crippen LogP contribution in [0.5, 0.6) is 17.4 Å². The van der Waals surface area contributed by atoms with E-state index in [9.17, 15) is 27.6 Å². The van der Waals surface area contributed by atoms with E-state index in [4.69, 9.17) is 18.9 Å². The molecule has 14 heteroatoms. The first-order valence-electron chi connectivity index (χ1n) is 19.4. The lowest BCUT2D eigenvalue weighted by atomic mass is 9.84. The minimum atomic E-state index is -3.86. The van der Waals surface area contributed by atoms with Crippen LogP contribution in [0.25, 0.3) is 10.8 Å². The second-order valence-corrected chi connectivity index (χ2v) is 18.9. The van der Waals surface area contributed by atoms with Crippen LogP contribution in [0, 0.1) is 29.1 Å². The zero-order chi connectivity index (χ0) is 39.9. The molecule has 6 rings (SSSR count). The molecule has 4 aliphatic rings. The van der Waals surface area contributed by atoms with Crippen molar-refractivity contribution < 1.29 is 46.5 Å². The third-order valence-corrected chi connectivity index (χ3v) is 13.3. The molecule has 0 spiro atoms. The Kier molecular flexibility index (Phi) is 11.6. The quantitative estimate of drug-likeness (QED) is 0.251. The van der Waals surface area contributed by atoms with Crippen molar-refractivity contribution in [1.82, 2.24) is 14.6 Å². The molecule has 0 bridgehead atoms. The van der Waals surface area contributed by atoms with E-state index < -0.39 is 56.2 Å². The van der Waals surface area contributed by atoms with E-state index in [2.05, 4.69) is 16.6 Å². The number of carbonyl (C=O) groups excluding carboxylic acids is 4. The van der Waals surface area contributed by atoms with Crippen molar-refractivity contribution in [3.63, 3.8) is 0 Å². The lowest BCUT2D eigenvalue weighted by molar-refractivity contribution is -0.159. The number of aromatic nitrogens is 1. The number of Topliss-reactive ketones (excluding diaryl/α,β-unsaturated/α-hetero) is 1. The molecule has 13 nitrogen and oxygen atoms in total. The molecule has 0 radical (unpaired) electrons. The highest BCUT2D eigenvalue weighted by molar-refractivity contribution is 7.90. The Bertz CT molecular complexity index is 1950. The number of esters is 1. The van der Waals surface area contributed by atoms with Gasteiger partial charge in [0.2, 0.25) is 27.7 Å². The van der Waals surface area contributed by atoms with E-state index >= 15 is 0 Å². The molecule has 3 fully saturated rings. The number of nitrogens with one attached hydrogen (secondary N) is 1. The maximum Gasteiger partial charge on any atom is 0.307 e. The largest absolute Gasteiger partial charge is 0.497 e. The number of ketones is 1. The Morgan fingerprint density at radius 2 is 1.76 bits per heavy atom. The monoisotopic (exact) mass is 781 g/mol. The third kappa shape index (κ3) is 9.10. The van der Waals surface area contributed by atoms with Gasteiger partial charge in [-0.05, 0) is 88.8 Å². The predicted molar refractivity (Wildman–Crippen MR) is 205 cm³/mol. The Morgan fingerprint density at radius 3 is 2.44 bits per heavy atom. The van der Waals surface area contributed by atoms with Crippen LogP contribution in [0.4, 0.5) is 0 Å². The van der Waals surface area contributed by atoms with Gasteiger partial charge in [0, 0.05) is 23.6 Å². The SMILES string of the molecule is COc1ccc2c(O[C@@H]3C[C@H]4C(=O)C[C@]5(C(=O)NS(=O)(=O)C6CC6)C[C@H]5/C=C\[C@H](C)CCC[C@@H](C)[C@H](CC(=O)OC(C)(C)C)C(=O)N4C3)ncc(OC)c2c1. The van der Waals surface area contributed by atoms with E-state index in [0.29, 0.717) is 48.0 Å². The van der Waals surface area contributed by atoms with Crippen LogP contribution < -0.4 is 18.9 Å². The molecule has 2 saturated carbocycles. The smallest absolute Gasteiger partial charge is 0.307 e. The number of pyridine rings is 1. The van der Waals surface area contributed by atoms with Gasteiger partial charge in [-0.2, -0.15) is 0 Å². The number of ether oxygens (including phenoxy) is 4. The molecule has 300 valence electrons. The summed E-state index contributed by atoms with van der Waals surface area (Å²) in [5.41, 5.74) is -2.02. The minimum absolute atomic E-state index is 0.0355. The number of amides is 2. The first kappa shape index (κ1) is 40.5. The summed E-state index contributed by atoms with van der Waals surface area (Å²) in [4.78, 5) is 62.7. The van der Waals surface area contributed by atoms with Gasteiger partial charge in [-0.15, -0.1) is 0 Å². The van der Waals surface area contributed by atoms with Crippen LogP contribution in [-0.4, -0.2) is 85.6 Å². The van der Waals surface area contributed by atoms with Gasteiger partial charge in [0.05, 0.1) is 56.0 Å². The van der Waals surface area contributed by atoms with Crippen molar-refractivity contribution in [2.75, 3.05) is 20.8 Å². The average molecular weight is 782 g/mol. The van der Waals surface area contributed by atoms with E-state index in [1.54, 1.807) is 47.3 Å². The number of rotatable bonds is 9. The van der Waals surface area contributed by atoms with Crippen LogP contribution in [0.1, 0.15) is 92.4 Å². The van der Waals surface area contributed by atoms with Gasteiger partial charge in [0.15, 0.2) is 5.78 Å². The summed E-state index contributed by atoms with van der Waals surface area (Å²) in [6.45, 7) is 9.40. The lowest BCUT2D eigenvalue weighted by Crippen LogP contribution is -2.47. The highest BCUT2D eigenvalue weighted by atomic mass is 32.2. The van der Waals surface area contributed by atoms with Crippen LogP contribution in [0.2, 0.25) is 0 Å². The summed E-state index contributed by atoms with van der Waals surface area (Å²) in [7, 11) is -0.756. The van der Waals surface area contributed by atoms with Crippen molar-refractivity contribution in [2.45, 2.75) is 115 Å². The van der Waals surface area contributed by atoms with Gasteiger partial charge < -0.3 is 23.8 Å². The predicted octanol–water partition coefficient (Wildman–Crippen LogP) is 5.53. The van der Waals surface area contributed by atoms with Crippen molar-refractivity contribution >= 4 is 44.4 Å². The first-order chi connectivity index (χ1) is 25.9. The van der Waals surface area contributed by atoms with Crippen molar-refractivity contribution in [3.05, 3.63) is 36.5 Å². The molecule has 1 aromatic carbocycles. The normalized spacial score (nSPS) is 29.6. The van der Waals surface area contributed by atoms with Crippen LogP contribution in [0.15, 0.2) is 36.5 Å². The summed E-state index contributed by atoms with van der Waals surface area (Å²) in [6, 6.07) is 4.41. The molecule has 2 aliphatic carbocycles. The lowest BCUT2D eigenvalue weighted by Gasteiger charge is -2.32. The van der Waals surface area contributed by atoms with Gasteiger partial charge in [-0.3, -0.25) is 23.9 Å². The van der Waals surface area contributed by atoms with Gasteiger partial charge in [0.25, 0.3) is 0 Å². The first-order valence-corrected chi connectivity index (χ1v) is 21.0. The van der Waals surface area contributed by atoms with Crippen molar-refractivity contribution in [3.8, 4) is 17.4 Å². The molecule has 3 heterocycles. The minimum Gasteiger partial charge on any atom is -0.497 e. The molecular weight excluding hydrogens is 727 g/mol. The average Bonchev–Trinajstić information content (AvgIpc) is 4.05. The number of nitrogens with zero attached hydrogens (tertiary/aromatic N) is 2. The van der Waals surface area contributed by atoms with Gasteiger partial charge in [0.1, 0.15) is 23.2 Å². The van der Waals surface area contributed by atoms with E-state index in [-0.39, 0.29) is 61.1 Å². The summed E-state index contributed by atoms with van der Waals surface area (Å²) in [5.74, 6) is -1.66. The molecule has 7 atom stereocenters. The number of benzene rings is 1. The molecule has 0 unspecified atom stereocenters. The Labute approximate surface area is 323 Å². The second-order valence-electron chi connectivity index (χ2n) is 17.0. The highest BCUT2D eigenvalue weighted by Crippen LogP contribution is 2.57. The molecule has 2 aliphatic heterocycles. The molecule has 1 aromatic heterocycles. The fourth-order valence-electron chi connectivity index (χ4n) is 8.09. The van der Waals surface area contributed by atoms with Gasteiger partial charge in [-0.1, -0.05) is 32.4 Å².